The van der Waals surface area contributed by atoms with Gasteiger partial charge in [0.25, 0.3) is 0 Å². The Balaban J connectivity index is 2.23. The number of amides is 2. The van der Waals surface area contributed by atoms with Crippen LogP contribution in [0.25, 0.3) is 0 Å². The van der Waals surface area contributed by atoms with Crippen LogP contribution in [0.3, 0.4) is 0 Å². The molecule has 2 aliphatic heterocycles. The van der Waals surface area contributed by atoms with Crippen LogP contribution in [-0.2, 0) is 24.2 Å². The summed E-state index contributed by atoms with van der Waals surface area (Å²) in [7, 11) is -3.20. The van der Waals surface area contributed by atoms with Gasteiger partial charge < -0.3 is 5.11 Å². The number of likely N-dealkylation sites (tertiary alicyclic amines) is 1. The molecule has 118 valence electrons. The summed E-state index contributed by atoms with van der Waals surface area (Å²) in [5, 5.41) is 9.01. The van der Waals surface area contributed by atoms with Crippen molar-refractivity contribution in [3.63, 3.8) is 0 Å². The zero-order valence-corrected chi connectivity index (χ0v) is 12.5. The van der Waals surface area contributed by atoms with Crippen LogP contribution in [0.1, 0.15) is 19.8 Å². The Labute approximate surface area is 122 Å². The van der Waals surface area contributed by atoms with E-state index in [2.05, 4.69) is 0 Å². The van der Waals surface area contributed by atoms with Gasteiger partial charge >= 0.3 is 5.97 Å². The molecule has 0 aliphatic carbocycles. The van der Waals surface area contributed by atoms with Crippen molar-refractivity contribution in [2.45, 2.75) is 31.8 Å². The van der Waals surface area contributed by atoms with E-state index in [0.717, 1.165) is 4.90 Å². The van der Waals surface area contributed by atoms with E-state index >= 15 is 0 Å². The molecule has 2 unspecified atom stereocenters. The number of carboxylic acid groups (broad SMARTS) is 1. The molecule has 2 atom stereocenters. The minimum Gasteiger partial charge on any atom is -0.480 e. The fraction of sp³-hybridized carbons (Fsp3) is 0.750. The molecule has 9 heteroatoms. The summed E-state index contributed by atoms with van der Waals surface area (Å²) in [5.74, 6) is -2.10. The van der Waals surface area contributed by atoms with Gasteiger partial charge in [-0.25, -0.2) is 8.42 Å². The van der Waals surface area contributed by atoms with Crippen molar-refractivity contribution in [2.24, 2.45) is 0 Å². The number of hydrogen-bond donors (Lipinski definition) is 1. The summed E-state index contributed by atoms with van der Waals surface area (Å²) >= 11 is 0. The van der Waals surface area contributed by atoms with Crippen molar-refractivity contribution in [1.29, 1.82) is 0 Å². The highest BCUT2D eigenvalue weighted by Gasteiger charge is 2.46. The average Bonchev–Trinajstić information content (AvgIpc) is 2.86. The maximum Gasteiger partial charge on any atom is 0.317 e. The number of nitrogens with zero attached hydrogens (tertiary/aromatic N) is 2. The van der Waals surface area contributed by atoms with Crippen LogP contribution in [0.15, 0.2) is 0 Å². The Morgan fingerprint density at radius 3 is 2.52 bits per heavy atom. The highest BCUT2D eigenvalue weighted by molar-refractivity contribution is 7.91. The molecular weight excluding hydrogens is 300 g/mol. The first kappa shape index (κ1) is 15.9. The van der Waals surface area contributed by atoms with Gasteiger partial charge in [0.05, 0.1) is 30.5 Å². The highest BCUT2D eigenvalue weighted by Crippen LogP contribution is 2.25. The van der Waals surface area contributed by atoms with Gasteiger partial charge in [0.15, 0.2) is 9.84 Å². The van der Waals surface area contributed by atoms with E-state index < -0.39 is 40.3 Å². The third-order valence-corrected chi connectivity index (χ3v) is 5.68. The standard InChI is InChI=1S/C12H18N2O6S/c1-2-13-10(15)5-9(12(13)18)14(6-11(16)17)8-3-4-21(19,20)7-8/h8-9H,2-7H2,1H3,(H,16,17). The Kier molecular flexibility index (Phi) is 4.33. The number of rotatable bonds is 5. The largest absolute Gasteiger partial charge is 0.480 e. The topological polar surface area (TPSA) is 112 Å². The lowest BCUT2D eigenvalue weighted by molar-refractivity contribution is -0.142. The molecule has 0 bridgehead atoms. The number of imide groups is 1. The summed E-state index contributed by atoms with van der Waals surface area (Å²) in [4.78, 5) is 37.5. The molecule has 2 aliphatic rings. The molecule has 0 aromatic heterocycles. The van der Waals surface area contributed by atoms with Gasteiger partial charge in [-0.1, -0.05) is 0 Å². The number of carboxylic acids is 1. The quantitative estimate of drug-likeness (QED) is 0.627. The second-order valence-corrected chi connectivity index (χ2v) is 7.55. The van der Waals surface area contributed by atoms with Crippen LogP contribution < -0.4 is 0 Å². The normalized spacial score (nSPS) is 28.6. The maximum absolute atomic E-state index is 12.2. The molecule has 0 aromatic rings. The number of carbonyl (C=O) groups is 3. The molecule has 21 heavy (non-hydrogen) atoms. The second kappa shape index (κ2) is 5.72. The van der Waals surface area contributed by atoms with E-state index in [1.165, 1.54) is 4.90 Å². The number of carbonyl (C=O) groups excluding carboxylic acids is 2. The van der Waals surface area contributed by atoms with E-state index in [-0.39, 0.29) is 30.4 Å². The predicted octanol–water partition coefficient (Wildman–Crippen LogP) is -1.29. The Hall–Kier alpha value is -1.48. The maximum atomic E-state index is 12.2. The van der Waals surface area contributed by atoms with E-state index in [9.17, 15) is 22.8 Å². The molecule has 2 amide bonds. The van der Waals surface area contributed by atoms with E-state index in [4.69, 9.17) is 5.11 Å². The lowest BCUT2D eigenvalue weighted by atomic mass is 10.1. The van der Waals surface area contributed by atoms with Crippen LogP contribution in [-0.4, -0.2) is 77.8 Å². The monoisotopic (exact) mass is 318 g/mol. The molecule has 8 nitrogen and oxygen atoms in total. The zero-order chi connectivity index (χ0) is 15.8. The summed E-state index contributed by atoms with van der Waals surface area (Å²) < 4.78 is 23.2. The van der Waals surface area contributed by atoms with Crippen molar-refractivity contribution in [2.75, 3.05) is 24.6 Å². The van der Waals surface area contributed by atoms with Gasteiger partial charge in [-0.05, 0) is 13.3 Å². The lowest BCUT2D eigenvalue weighted by Crippen LogP contribution is -2.50. The van der Waals surface area contributed by atoms with Crippen LogP contribution in [0, 0.1) is 0 Å². The van der Waals surface area contributed by atoms with Crippen molar-refractivity contribution >= 4 is 27.6 Å². The molecular formula is C12H18N2O6S. The van der Waals surface area contributed by atoms with Crippen molar-refractivity contribution < 1.29 is 27.9 Å². The average molecular weight is 318 g/mol. The molecule has 0 aromatic carbocycles. The molecule has 2 fully saturated rings. The molecule has 0 saturated carbocycles. The summed E-state index contributed by atoms with van der Waals surface area (Å²) in [5.41, 5.74) is 0. The lowest BCUT2D eigenvalue weighted by Gasteiger charge is -2.30. The Bertz CT molecular complexity index is 572. The van der Waals surface area contributed by atoms with Crippen molar-refractivity contribution in [1.82, 2.24) is 9.80 Å². The van der Waals surface area contributed by atoms with Gasteiger partial charge in [0.2, 0.25) is 11.8 Å². The van der Waals surface area contributed by atoms with Gasteiger partial charge in [-0.2, -0.15) is 0 Å². The zero-order valence-electron chi connectivity index (χ0n) is 11.7. The molecule has 2 heterocycles. The summed E-state index contributed by atoms with van der Waals surface area (Å²) in [6, 6.07) is -1.39. The van der Waals surface area contributed by atoms with E-state index in [1.54, 1.807) is 6.92 Å². The van der Waals surface area contributed by atoms with Crippen LogP contribution in [0.2, 0.25) is 0 Å². The number of hydrogen-bond acceptors (Lipinski definition) is 6. The Morgan fingerprint density at radius 1 is 1.43 bits per heavy atom. The smallest absolute Gasteiger partial charge is 0.317 e. The first-order chi connectivity index (χ1) is 9.75. The molecule has 2 saturated heterocycles. The fourth-order valence-corrected chi connectivity index (χ4v) is 4.69. The fourth-order valence-electron chi connectivity index (χ4n) is 2.94. The van der Waals surface area contributed by atoms with E-state index in [0.29, 0.717) is 6.42 Å². The number of likely N-dealkylation sites (N-methyl/N-ethyl adjacent to an activating group) is 1. The van der Waals surface area contributed by atoms with Crippen molar-refractivity contribution in [3.8, 4) is 0 Å². The number of sulfone groups is 1. The predicted molar refractivity (Wildman–Crippen MR) is 72.2 cm³/mol. The summed E-state index contributed by atoms with van der Waals surface area (Å²) in [6.45, 7) is 1.46. The number of aliphatic carboxylic acids is 1. The molecule has 2 rings (SSSR count). The Morgan fingerprint density at radius 2 is 2.10 bits per heavy atom. The molecule has 0 spiro atoms. The minimum atomic E-state index is -3.20. The third kappa shape index (κ3) is 3.24. The van der Waals surface area contributed by atoms with Crippen LogP contribution in [0.5, 0.6) is 0 Å². The van der Waals surface area contributed by atoms with Crippen LogP contribution >= 0.6 is 0 Å². The first-order valence-corrected chi connectivity index (χ1v) is 8.59. The first-order valence-electron chi connectivity index (χ1n) is 6.77. The van der Waals surface area contributed by atoms with Gasteiger partial charge in [-0.3, -0.25) is 24.2 Å². The third-order valence-electron chi connectivity index (χ3n) is 3.93. The van der Waals surface area contributed by atoms with Gasteiger partial charge in [-0.15, -0.1) is 0 Å². The minimum absolute atomic E-state index is 0.0138. The molecule has 1 N–H and O–H groups in total. The van der Waals surface area contributed by atoms with Gasteiger partial charge in [0.1, 0.15) is 0 Å². The van der Waals surface area contributed by atoms with Gasteiger partial charge in [0, 0.05) is 12.6 Å². The van der Waals surface area contributed by atoms with E-state index in [1.807, 2.05) is 0 Å². The molecule has 0 radical (unpaired) electrons. The highest BCUT2D eigenvalue weighted by atomic mass is 32.2. The summed E-state index contributed by atoms with van der Waals surface area (Å²) in [6.07, 6.45) is 0.205. The van der Waals surface area contributed by atoms with Crippen molar-refractivity contribution in [3.05, 3.63) is 0 Å². The second-order valence-electron chi connectivity index (χ2n) is 5.32. The van der Waals surface area contributed by atoms with Crippen LogP contribution in [0.4, 0.5) is 0 Å². The SMILES string of the molecule is CCN1C(=O)CC(N(CC(=O)O)C2CCS(=O)(=O)C2)C1=O.